The molecule has 1 aromatic carbocycles. The van der Waals surface area contributed by atoms with E-state index in [0.717, 1.165) is 19.2 Å². The molecule has 0 aromatic heterocycles. The van der Waals surface area contributed by atoms with Gasteiger partial charge in [-0.15, -0.1) is 0 Å². The first-order chi connectivity index (χ1) is 9.70. The largest absolute Gasteiger partial charge is 0.468 e. The van der Waals surface area contributed by atoms with Crippen LogP contribution in [0, 0.1) is 10.1 Å². The number of nitro benzene ring substituents is 1. The molecule has 0 saturated carbocycles. The molecular weight excluding hydrogens is 304 g/mol. The lowest BCUT2D eigenvalue weighted by atomic mass is 10.2. The average Bonchev–Trinajstić information content (AvgIpc) is 2.43. The number of aliphatic hydroxyl groups is 1. The molecule has 10 heteroatoms. The monoisotopic (exact) mass is 318 g/mol. The quantitative estimate of drug-likeness (QED) is 0.421. The van der Waals surface area contributed by atoms with Crippen LogP contribution in [-0.4, -0.2) is 43.7 Å². The van der Waals surface area contributed by atoms with Crippen molar-refractivity contribution in [3.63, 3.8) is 0 Å². The van der Waals surface area contributed by atoms with Crippen LogP contribution >= 0.6 is 0 Å². The lowest BCUT2D eigenvalue weighted by molar-refractivity contribution is -0.387. The van der Waals surface area contributed by atoms with Crippen LogP contribution in [0.2, 0.25) is 0 Å². The van der Waals surface area contributed by atoms with Crippen molar-refractivity contribution in [2.45, 2.75) is 24.0 Å². The Bertz CT molecular complexity index is 642. The first kappa shape index (κ1) is 17.0. The molecule has 0 unspecified atom stereocenters. The molecule has 2 atom stereocenters. The van der Waals surface area contributed by atoms with Crippen molar-refractivity contribution in [2.75, 3.05) is 7.11 Å². The number of nitrogens with zero attached hydrogens (tertiary/aromatic N) is 1. The normalized spacial score (nSPS) is 14.2. The summed E-state index contributed by atoms with van der Waals surface area (Å²) in [5, 5.41) is 20.3. The number of nitrogens with one attached hydrogen (secondary N) is 1. The minimum absolute atomic E-state index is 0.607. The van der Waals surface area contributed by atoms with Gasteiger partial charge in [0.25, 0.3) is 5.69 Å². The molecule has 21 heavy (non-hydrogen) atoms. The molecule has 9 nitrogen and oxygen atoms in total. The van der Waals surface area contributed by atoms with E-state index in [-0.39, 0.29) is 0 Å². The van der Waals surface area contributed by atoms with Crippen LogP contribution in [-0.2, 0) is 19.6 Å². The Morgan fingerprint density at radius 1 is 1.43 bits per heavy atom. The Hall–Kier alpha value is -2.04. The van der Waals surface area contributed by atoms with Crippen LogP contribution in [0.1, 0.15) is 6.92 Å². The molecule has 0 amide bonds. The van der Waals surface area contributed by atoms with Crippen LogP contribution in [0.25, 0.3) is 0 Å². The van der Waals surface area contributed by atoms with Gasteiger partial charge in [0.05, 0.1) is 18.1 Å². The number of sulfonamides is 1. The van der Waals surface area contributed by atoms with Gasteiger partial charge >= 0.3 is 5.97 Å². The third-order valence-corrected chi connectivity index (χ3v) is 4.06. The highest BCUT2D eigenvalue weighted by Crippen LogP contribution is 2.23. The van der Waals surface area contributed by atoms with Gasteiger partial charge in [-0.2, -0.15) is 4.72 Å². The van der Waals surface area contributed by atoms with Gasteiger partial charge in [-0.1, -0.05) is 12.1 Å². The Morgan fingerprint density at radius 3 is 2.48 bits per heavy atom. The van der Waals surface area contributed by atoms with Crippen LogP contribution in [0.4, 0.5) is 5.69 Å². The number of hydrogen-bond acceptors (Lipinski definition) is 7. The van der Waals surface area contributed by atoms with E-state index in [4.69, 9.17) is 0 Å². The van der Waals surface area contributed by atoms with Gasteiger partial charge in [0.1, 0.15) is 6.04 Å². The molecular formula is C11H14N2O7S. The van der Waals surface area contributed by atoms with Gasteiger partial charge in [-0.05, 0) is 13.0 Å². The fourth-order valence-electron chi connectivity index (χ4n) is 1.54. The molecule has 0 radical (unpaired) electrons. The van der Waals surface area contributed by atoms with Gasteiger partial charge < -0.3 is 9.84 Å². The molecule has 0 aliphatic heterocycles. The zero-order valence-electron chi connectivity index (χ0n) is 11.2. The summed E-state index contributed by atoms with van der Waals surface area (Å²) in [5.41, 5.74) is -0.640. The standard InChI is InChI=1S/C11H14N2O7S/c1-7(14)10(11(15)20-2)12-21(18,19)9-6-4-3-5-8(9)13(16)17/h3-7,10,12,14H,1-2H3/t7-,10-/m1/s1. The van der Waals surface area contributed by atoms with Crippen molar-refractivity contribution >= 4 is 21.7 Å². The number of nitro groups is 1. The number of hydrogen-bond donors (Lipinski definition) is 2. The maximum Gasteiger partial charge on any atom is 0.326 e. The van der Waals surface area contributed by atoms with E-state index >= 15 is 0 Å². The van der Waals surface area contributed by atoms with Crippen LogP contribution in [0.15, 0.2) is 29.2 Å². The number of para-hydroxylation sites is 1. The molecule has 0 bridgehead atoms. The second-order valence-electron chi connectivity index (χ2n) is 4.09. The Labute approximate surface area is 120 Å². The van der Waals surface area contributed by atoms with Crippen molar-refractivity contribution in [3.8, 4) is 0 Å². The zero-order chi connectivity index (χ0) is 16.2. The van der Waals surface area contributed by atoms with Gasteiger partial charge in [-0.25, -0.2) is 8.42 Å². The summed E-state index contributed by atoms with van der Waals surface area (Å²) in [6, 6.07) is 3.08. The Balaban J connectivity index is 3.23. The van der Waals surface area contributed by atoms with Gasteiger partial charge in [0.2, 0.25) is 10.0 Å². The van der Waals surface area contributed by atoms with E-state index in [9.17, 15) is 28.4 Å². The van der Waals surface area contributed by atoms with Gasteiger partial charge in [0.15, 0.2) is 4.90 Å². The first-order valence-electron chi connectivity index (χ1n) is 5.72. The topological polar surface area (TPSA) is 136 Å². The summed E-state index contributed by atoms with van der Waals surface area (Å²) in [6.45, 7) is 1.18. The Kier molecular flexibility index (Phi) is 5.35. The molecule has 0 fully saturated rings. The molecule has 0 heterocycles. The number of ether oxygens (including phenoxy) is 1. The third-order valence-electron chi connectivity index (χ3n) is 2.57. The van der Waals surface area contributed by atoms with E-state index in [1.807, 2.05) is 4.72 Å². The smallest absolute Gasteiger partial charge is 0.326 e. The highest BCUT2D eigenvalue weighted by Gasteiger charge is 2.33. The van der Waals surface area contributed by atoms with Crippen molar-refractivity contribution < 1.29 is 28.0 Å². The molecule has 0 spiro atoms. The average molecular weight is 318 g/mol. The summed E-state index contributed by atoms with van der Waals surface area (Å²) >= 11 is 0. The van der Waals surface area contributed by atoms with E-state index < -0.39 is 43.6 Å². The van der Waals surface area contributed by atoms with Gasteiger partial charge in [0, 0.05) is 6.07 Å². The summed E-state index contributed by atoms with van der Waals surface area (Å²) in [7, 11) is -3.36. The second-order valence-corrected chi connectivity index (χ2v) is 5.77. The summed E-state index contributed by atoms with van der Waals surface area (Å²) in [6.07, 6.45) is -1.38. The molecule has 1 rings (SSSR count). The fourth-order valence-corrected chi connectivity index (χ4v) is 2.97. The Morgan fingerprint density at radius 2 is 2.00 bits per heavy atom. The van der Waals surface area contributed by atoms with Gasteiger partial charge in [-0.3, -0.25) is 14.9 Å². The molecule has 0 aliphatic carbocycles. The van der Waals surface area contributed by atoms with Crippen molar-refractivity contribution in [1.82, 2.24) is 4.72 Å². The van der Waals surface area contributed by atoms with Crippen molar-refractivity contribution in [2.24, 2.45) is 0 Å². The molecule has 1 aromatic rings. The number of carbonyl (C=O) groups is 1. The summed E-state index contributed by atoms with van der Waals surface area (Å²) in [4.78, 5) is 20.8. The number of esters is 1. The third kappa shape index (κ3) is 3.97. The SMILES string of the molecule is COC(=O)[C@H](NS(=O)(=O)c1ccccc1[N+](=O)[O-])[C@@H](C)O. The van der Waals surface area contributed by atoms with Crippen molar-refractivity contribution in [1.29, 1.82) is 0 Å². The first-order valence-corrected chi connectivity index (χ1v) is 7.20. The summed E-state index contributed by atoms with van der Waals surface area (Å²) < 4.78 is 30.6. The minimum atomic E-state index is -4.39. The second kappa shape index (κ2) is 6.61. The molecule has 0 saturated heterocycles. The number of benzene rings is 1. The summed E-state index contributed by atoms with van der Waals surface area (Å²) in [5.74, 6) is -1.01. The number of aliphatic hydroxyl groups excluding tert-OH is 1. The fraction of sp³-hybridized carbons (Fsp3) is 0.364. The maximum atomic E-state index is 12.2. The van der Waals surface area contributed by atoms with Crippen LogP contribution < -0.4 is 4.72 Å². The van der Waals surface area contributed by atoms with E-state index in [1.54, 1.807) is 0 Å². The predicted molar refractivity (Wildman–Crippen MR) is 70.9 cm³/mol. The lowest BCUT2D eigenvalue weighted by Gasteiger charge is -2.18. The van der Waals surface area contributed by atoms with Crippen LogP contribution in [0.3, 0.4) is 0 Å². The van der Waals surface area contributed by atoms with Crippen molar-refractivity contribution in [3.05, 3.63) is 34.4 Å². The highest BCUT2D eigenvalue weighted by molar-refractivity contribution is 7.89. The highest BCUT2D eigenvalue weighted by atomic mass is 32.2. The van der Waals surface area contributed by atoms with Crippen LogP contribution in [0.5, 0.6) is 0 Å². The number of carbonyl (C=O) groups excluding carboxylic acids is 1. The predicted octanol–water partition coefficient (Wildman–Crippen LogP) is -0.205. The maximum absolute atomic E-state index is 12.2. The number of methoxy groups -OCH3 is 1. The zero-order valence-corrected chi connectivity index (χ0v) is 12.0. The van der Waals surface area contributed by atoms with E-state index in [0.29, 0.717) is 0 Å². The lowest BCUT2D eigenvalue weighted by Crippen LogP contribution is -2.48. The van der Waals surface area contributed by atoms with E-state index in [1.165, 1.54) is 19.1 Å². The minimum Gasteiger partial charge on any atom is -0.468 e. The molecule has 2 N–H and O–H groups in total. The van der Waals surface area contributed by atoms with E-state index in [2.05, 4.69) is 4.74 Å². The number of rotatable bonds is 6. The molecule has 0 aliphatic rings. The molecule has 116 valence electrons.